The van der Waals surface area contributed by atoms with Crippen LogP contribution in [0.4, 0.5) is 14.5 Å². The molecule has 0 aliphatic heterocycles. The molecule has 35 heavy (non-hydrogen) atoms. The molecule has 180 valence electrons. The monoisotopic (exact) mass is 493 g/mol. The van der Waals surface area contributed by atoms with Gasteiger partial charge in [0, 0.05) is 46.7 Å². The quantitative estimate of drug-likeness (QED) is 0.310. The molecule has 3 aromatic carbocycles. The second-order valence-corrected chi connectivity index (χ2v) is 9.24. The lowest BCUT2D eigenvalue weighted by atomic mass is 10.1. The van der Waals surface area contributed by atoms with Gasteiger partial charge in [0.1, 0.15) is 11.6 Å². The molecule has 0 aliphatic rings. The summed E-state index contributed by atoms with van der Waals surface area (Å²) < 4.78 is 28.9. The van der Waals surface area contributed by atoms with E-state index < -0.39 is 17.5 Å². The molecule has 4 aromatic rings. The van der Waals surface area contributed by atoms with Gasteiger partial charge in [-0.05, 0) is 55.3 Å². The molecule has 0 atom stereocenters. The number of anilines is 1. The van der Waals surface area contributed by atoms with Crippen molar-refractivity contribution in [1.29, 1.82) is 0 Å². The summed E-state index contributed by atoms with van der Waals surface area (Å²) in [6.45, 7) is 4.99. The maximum Gasteiger partial charge on any atom is 0.251 e. The number of thioether (sulfide) groups is 1. The highest BCUT2D eigenvalue weighted by Crippen LogP contribution is 2.30. The molecule has 1 heterocycles. The number of nitrogens with one attached hydrogen (secondary N) is 2. The fourth-order valence-electron chi connectivity index (χ4n) is 3.71. The van der Waals surface area contributed by atoms with Gasteiger partial charge in [-0.3, -0.25) is 9.59 Å². The number of hydrogen-bond donors (Lipinski definition) is 2. The summed E-state index contributed by atoms with van der Waals surface area (Å²) >= 11 is 1.33. The smallest absolute Gasteiger partial charge is 0.251 e. The molecule has 0 bridgehead atoms. The molecule has 0 saturated heterocycles. The standard InChI is InChI=1S/C27H25F2N3O2S/c1-17-7-8-19(13-18(17)2)27(34)30-11-12-32-15-25(21-5-3-4-6-24(21)32)35-16-26(33)31-23-10-9-20(28)14-22(23)29/h3-10,13-15H,11-12,16H2,1-2H3,(H,30,34)(H,31,33). The summed E-state index contributed by atoms with van der Waals surface area (Å²) in [5.74, 6) is -1.97. The number of halogens is 2. The molecule has 8 heteroatoms. The maximum atomic E-state index is 13.8. The predicted molar refractivity (Wildman–Crippen MR) is 136 cm³/mol. The van der Waals surface area contributed by atoms with Crippen LogP contribution in [0.15, 0.2) is 71.8 Å². The number of carbonyl (C=O) groups is 2. The Labute approximate surface area is 206 Å². The average Bonchev–Trinajstić information content (AvgIpc) is 3.19. The molecule has 0 unspecified atom stereocenters. The van der Waals surface area contributed by atoms with Crippen LogP contribution in [0.25, 0.3) is 10.9 Å². The Morgan fingerprint density at radius 3 is 2.54 bits per heavy atom. The van der Waals surface area contributed by atoms with E-state index in [1.165, 1.54) is 17.8 Å². The first-order chi connectivity index (χ1) is 16.8. The SMILES string of the molecule is Cc1ccc(C(=O)NCCn2cc(SCC(=O)Nc3ccc(F)cc3F)c3ccccc32)cc1C. The summed E-state index contributed by atoms with van der Waals surface area (Å²) in [7, 11) is 0. The van der Waals surface area contributed by atoms with Gasteiger partial charge >= 0.3 is 0 Å². The van der Waals surface area contributed by atoms with Crippen LogP contribution in [0.5, 0.6) is 0 Å². The van der Waals surface area contributed by atoms with Crippen molar-refractivity contribution in [2.45, 2.75) is 25.3 Å². The second kappa shape index (κ2) is 10.7. The number of carbonyl (C=O) groups excluding carboxylic acids is 2. The molecule has 5 nitrogen and oxygen atoms in total. The van der Waals surface area contributed by atoms with Crippen LogP contribution in [-0.2, 0) is 11.3 Å². The predicted octanol–water partition coefficient (Wildman–Crippen LogP) is 5.70. The van der Waals surface area contributed by atoms with Crippen LogP contribution in [-0.4, -0.2) is 28.7 Å². The third kappa shape index (κ3) is 5.89. The van der Waals surface area contributed by atoms with Crippen molar-refractivity contribution in [2.75, 3.05) is 17.6 Å². The minimum Gasteiger partial charge on any atom is -0.350 e. The highest BCUT2D eigenvalue weighted by Gasteiger charge is 2.13. The number of aromatic nitrogens is 1. The van der Waals surface area contributed by atoms with Crippen molar-refractivity contribution >= 4 is 40.2 Å². The largest absolute Gasteiger partial charge is 0.350 e. The number of benzene rings is 3. The van der Waals surface area contributed by atoms with Crippen LogP contribution in [0, 0.1) is 25.5 Å². The van der Waals surface area contributed by atoms with Gasteiger partial charge in [0.05, 0.1) is 11.4 Å². The van der Waals surface area contributed by atoms with E-state index in [1.807, 2.05) is 67.1 Å². The maximum absolute atomic E-state index is 13.8. The van der Waals surface area contributed by atoms with Crippen LogP contribution in [0.2, 0.25) is 0 Å². The van der Waals surface area contributed by atoms with E-state index in [4.69, 9.17) is 0 Å². The molecule has 0 saturated carbocycles. The third-order valence-electron chi connectivity index (χ3n) is 5.72. The first-order valence-corrected chi connectivity index (χ1v) is 12.1. The Morgan fingerprint density at radius 2 is 1.77 bits per heavy atom. The first kappa shape index (κ1) is 24.5. The summed E-state index contributed by atoms with van der Waals surface area (Å²) in [6, 6.07) is 16.5. The summed E-state index contributed by atoms with van der Waals surface area (Å²) in [6.07, 6.45) is 1.95. The molecule has 4 rings (SSSR count). The molecule has 1 aromatic heterocycles. The number of hydrogen-bond acceptors (Lipinski definition) is 3. The highest BCUT2D eigenvalue weighted by molar-refractivity contribution is 8.00. The number of para-hydroxylation sites is 1. The summed E-state index contributed by atoms with van der Waals surface area (Å²) in [5.41, 5.74) is 3.77. The van der Waals surface area contributed by atoms with Gasteiger partial charge in [-0.15, -0.1) is 11.8 Å². The van der Waals surface area contributed by atoms with E-state index in [0.29, 0.717) is 18.7 Å². The molecule has 0 radical (unpaired) electrons. The first-order valence-electron chi connectivity index (χ1n) is 11.1. The minimum absolute atomic E-state index is 0.0565. The van der Waals surface area contributed by atoms with Crippen LogP contribution in [0.3, 0.4) is 0 Å². The van der Waals surface area contributed by atoms with Gasteiger partial charge in [-0.25, -0.2) is 8.78 Å². The summed E-state index contributed by atoms with van der Waals surface area (Å²) in [5, 5.41) is 6.42. The normalized spacial score (nSPS) is 11.0. The van der Waals surface area contributed by atoms with Gasteiger partial charge in [-0.2, -0.15) is 0 Å². The zero-order valence-corrected chi connectivity index (χ0v) is 20.2. The molecule has 0 aliphatic carbocycles. The van der Waals surface area contributed by atoms with E-state index in [-0.39, 0.29) is 17.3 Å². The van der Waals surface area contributed by atoms with E-state index in [1.54, 1.807) is 0 Å². The van der Waals surface area contributed by atoms with E-state index in [9.17, 15) is 18.4 Å². The lowest BCUT2D eigenvalue weighted by molar-refractivity contribution is -0.113. The van der Waals surface area contributed by atoms with Gasteiger partial charge in [0.2, 0.25) is 5.91 Å². The van der Waals surface area contributed by atoms with Crippen LogP contribution < -0.4 is 10.6 Å². The van der Waals surface area contributed by atoms with Gasteiger partial charge in [0.25, 0.3) is 5.91 Å². The van der Waals surface area contributed by atoms with Crippen LogP contribution in [0.1, 0.15) is 21.5 Å². The van der Waals surface area contributed by atoms with Crippen molar-refractivity contribution in [1.82, 2.24) is 9.88 Å². The Bertz CT molecular complexity index is 1400. The zero-order chi connectivity index (χ0) is 24.9. The Balaban J connectivity index is 1.39. The lowest BCUT2D eigenvalue weighted by Gasteiger charge is -2.09. The Kier molecular flexibility index (Phi) is 7.51. The highest BCUT2D eigenvalue weighted by atomic mass is 32.2. The number of rotatable bonds is 8. The fourth-order valence-corrected chi connectivity index (χ4v) is 4.60. The van der Waals surface area contributed by atoms with Crippen molar-refractivity contribution in [3.05, 3.63) is 95.2 Å². The average molecular weight is 494 g/mol. The lowest BCUT2D eigenvalue weighted by Crippen LogP contribution is -2.27. The van der Waals surface area contributed by atoms with E-state index in [2.05, 4.69) is 10.6 Å². The second-order valence-electron chi connectivity index (χ2n) is 8.22. The fraction of sp³-hybridized carbons (Fsp3) is 0.185. The topological polar surface area (TPSA) is 63.1 Å². The van der Waals surface area contributed by atoms with Crippen molar-refractivity contribution < 1.29 is 18.4 Å². The number of nitrogens with zero attached hydrogens (tertiary/aromatic N) is 1. The number of fused-ring (bicyclic) bond motifs is 1. The molecule has 0 spiro atoms. The molecular formula is C27H25F2N3O2S. The number of aryl methyl sites for hydroxylation is 2. The van der Waals surface area contributed by atoms with Crippen molar-refractivity contribution in [3.63, 3.8) is 0 Å². The van der Waals surface area contributed by atoms with Gasteiger partial charge in [-0.1, -0.05) is 24.3 Å². The van der Waals surface area contributed by atoms with Crippen molar-refractivity contribution in [3.8, 4) is 0 Å². The third-order valence-corrected chi connectivity index (χ3v) is 6.77. The van der Waals surface area contributed by atoms with Gasteiger partial charge < -0.3 is 15.2 Å². The van der Waals surface area contributed by atoms with E-state index >= 15 is 0 Å². The molecule has 0 fully saturated rings. The van der Waals surface area contributed by atoms with Crippen molar-refractivity contribution in [2.24, 2.45) is 0 Å². The molecule has 2 amide bonds. The minimum atomic E-state index is -0.817. The molecule has 2 N–H and O–H groups in total. The van der Waals surface area contributed by atoms with Gasteiger partial charge in [0.15, 0.2) is 0 Å². The Hall–Kier alpha value is -3.65. The Morgan fingerprint density at radius 1 is 0.971 bits per heavy atom. The molecular weight excluding hydrogens is 468 g/mol. The zero-order valence-electron chi connectivity index (χ0n) is 19.4. The summed E-state index contributed by atoms with van der Waals surface area (Å²) in [4.78, 5) is 25.8. The number of amides is 2. The van der Waals surface area contributed by atoms with Crippen LogP contribution >= 0.6 is 11.8 Å². The van der Waals surface area contributed by atoms with E-state index in [0.717, 1.165) is 39.1 Å².